The number of H-pyrrole nitrogens is 1. The zero-order valence-electron chi connectivity index (χ0n) is 13.2. The Morgan fingerprint density at radius 1 is 1.12 bits per heavy atom. The van der Waals surface area contributed by atoms with Gasteiger partial charge in [-0.1, -0.05) is 11.3 Å². The molecule has 0 radical (unpaired) electrons. The second kappa shape index (κ2) is 6.58. The molecule has 0 aliphatic rings. The Labute approximate surface area is 141 Å². The fourth-order valence-corrected chi connectivity index (χ4v) is 2.91. The maximum Gasteiger partial charge on any atom is 0.218 e. The summed E-state index contributed by atoms with van der Waals surface area (Å²) < 4.78 is 15.9. The topological polar surface area (TPSA) is 133 Å². The summed E-state index contributed by atoms with van der Waals surface area (Å²) in [5, 5.41) is 17.4. The number of tetrazole rings is 1. The van der Waals surface area contributed by atoms with E-state index in [2.05, 4.69) is 30.9 Å². The number of methoxy groups -OCH3 is 3. The Bertz CT molecular complexity index is 809. The van der Waals surface area contributed by atoms with E-state index >= 15 is 0 Å². The van der Waals surface area contributed by atoms with Crippen LogP contribution in [-0.2, 0) is 0 Å². The van der Waals surface area contributed by atoms with Crippen LogP contribution in [0.15, 0.2) is 12.1 Å². The third-order valence-electron chi connectivity index (χ3n) is 3.12. The number of nitrogens with one attached hydrogen (secondary N) is 2. The lowest BCUT2D eigenvalue weighted by molar-refractivity contribution is 0.324. The molecule has 0 saturated heterocycles. The highest BCUT2D eigenvalue weighted by Crippen LogP contribution is 2.41. The molecule has 3 aromatic rings. The Hall–Kier alpha value is -3.08. The molecule has 0 spiro atoms. The van der Waals surface area contributed by atoms with E-state index in [1.165, 1.54) is 11.3 Å². The first-order valence-electron chi connectivity index (χ1n) is 6.73. The van der Waals surface area contributed by atoms with Crippen molar-refractivity contribution in [2.24, 2.45) is 0 Å². The number of nitrogen functional groups attached to an aromatic ring is 1. The Kier molecular flexibility index (Phi) is 4.33. The van der Waals surface area contributed by atoms with Crippen molar-refractivity contribution in [3.8, 4) is 28.0 Å². The van der Waals surface area contributed by atoms with Gasteiger partial charge in [0.25, 0.3) is 0 Å². The number of hydrogen-bond donors (Lipinski definition) is 3. The zero-order valence-corrected chi connectivity index (χ0v) is 14.0. The second-order valence-electron chi connectivity index (χ2n) is 4.51. The molecule has 0 bridgehead atoms. The Balaban J connectivity index is 1.93. The lowest BCUT2D eigenvalue weighted by Crippen LogP contribution is -1.97. The predicted octanol–water partition coefficient (Wildman–Crippen LogP) is 1.67. The van der Waals surface area contributed by atoms with E-state index in [0.717, 1.165) is 0 Å². The molecule has 0 atom stereocenters. The van der Waals surface area contributed by atoms with Gasteiger partial charge in [-0.15, -0.1) is 10.2 Å². The van der Waals surface area contributed by atoms with Gasteiger partial charge < -0.3 is 25.3 Å². The van der Waals surface area contributed by atoms with Crippen molar-refractivity contribution in [3.05, 3.63) is 12.1 Å². The van der Waals surface area contributed by atoms with Gasteiger partial charge in [0.2, 0.25) is 11.6 Å². The smallest absolute Gasteiger partial charge is 0.218 e. The standard InChI is InChI=1S/C13H15N7O3S/c1-21-7-4-6(5-8(22-2)9(7)23-3)15-13-16-11(14)10(24-13)12-17-19-20-18-12/h4-5H,14H2,1-3H3,(H,15,16)(H,17,18,19,20). The molecule has 10 nitrogen and oxygen atoms in total. The van der Waals surface area contributed by atoms with Gasteiger partial charge in [0, 0.05) is 17.8 Å². The summed E-state index contributed by atoms with van der Waals surface area (Å²) in [6.07, 6.45) is 0. The first-order valence-corrected chi connectivity index (χ1v) is 7.55. The molecule has 2 aromatic heterocycles. The van der Waals surface area contributed by atoms with Crippen molar-refractivity contribution < 1.29 is 14.2 Å². The number of ether oxygens (including phenoxy) is 3. The maximum atomic E-state index is 5.91. The maximum absolute atomic E-state index is 5.91. The molecule has 0 aliphatic carbocycles. The predicted molar refractivity (Wildman–Crippen MR) is 89.1 cm³/mol. The van der Waals surface area contributed by atoms with Gasteiger partial charge in [-0.25, -0.2) is 4.98 Å². The van der Waals surface area contributed by atoms with Crippen LogP contribution in [0, 0.1) is 0 Å². The van der Waals surface area contributed by atoms with Crippen LogP contribution in [0.3, 0.4) is 0 Å². The summed E-state index contributed by atoms with van der Waals surface area (Å²) in [6, 6.07) is 3.54. The van der Waals surface area contributed by atoms with Crippen LogP contribution in [0.5, 0.6) is 17.2 Å². The minimum Gasteiger partial charge on any atom is -0.493 e. The average Bonchev–Trinajstić information content (AvgIpc) is 3.23. The fraction of sp³-hybridized carbons (Fsp3) is 0.231. The summed E-state index contributed by atoms with van der Waals surface area (Å²) >= 11 is 1.30. The Morgan fingerprint density at radius 2 is 1.83 bits per heavy atom. The molecule has 0 saturated carbocycles. The van der Waals surface area contributed by atoms with Crippen molar-refractivity contribution in [2.45, 2.75) is 0 Å². The summed E-state index contributed by atoms with van der Waals surface area (Å²) in [4.78, 5) is 4.89. The highest BCUT2D eigenvalue weighted by atomic mass is 32.1. The molecular weight excluding hydrogens is 334 g/mol. The van der Waals surface area contributed by atoms with E-state index < -0.39 is 0 Å². The largest absolute Gasteiger partial charge is 0.493 e. The van der Waals surface area contributed by atoms with Gasteiger partial charge in [-0.2, -0.15) is 5.21 Å². The van der Waals surface area contributed by atoms with E-state index in [-0.39, 0.29) is 0 Å². The molecule has 1 aromatic carbocycles. The molecule has 0 fully saturated rings. The minimum atomic E-state index is 0.316. The summed E-state index contributed by atoms with van der Waals surface area (Å²) in [5.41, 5.74) is 6.62. The van der Waals surface area contributed by atoms with Crippen LogP contribution in [0.2, 0.25) is 0 Å². The molecular formula is C13H15N7O3S. The summed E-state index contributed by atoms with van der Waals surface area (Å²) in [5.74, 6) is 2.28. The first-order chi connectivity index (χ1) is 11.7. The van der Waals surface area contributed by atoms with Gasteiger partial charge in [0.15, 0.2) is 16.6 Å². The fourth-order valence-electron chi connectivity index (χ4n) is 2.08. The minimum absolute atomic E-state index is 0.316. The van der Waals surface area contributed by atoms with E-state index in [0.29, 0.717) is 44.6 Å². The van der Waals surface area contributed by atoms with Crippen molar-refractivity contribution in [1.29, 1.82) is 0 Å². The summed E-state index contributed by atoms with van der Waals surface area (Å²) in [7, 11) is 4.65. The quantitative estimate of drug-likeness (QED) is 0.607. The molecule has 11 heteroatoms. The van der Waals surface area contributed by atoms with Gasteiger partial charge in [0.05, 0.1) is 21.3 Å². The van der Waals surface area contributed by atoms with Crippen LogP contribution >= 0.6 is 11.3 Å². The third-order valence-corrected chi connectivity index (χ3v) is 4.10. The normalized spacial score (nSPS) is 10.5. The van der Waals surface area contributed by atoms with Crippen molar-refractivity contribution in [3.63, 3.8) is 0 Å². The molecule has 24 heavy (non-hydrogen) atoms. The van der Waals surface area contributed by atoms with Crippen LogP contribution in [0.4, 0.5) is 16.6 Å². The SMILES string of the molecule is COc1cc(Nc2nc(N)c(-c3nn[nH]n3)s2)cc(OC)c1OC. The number of hydrogen-bond acceptors (Lipinski definition) is 10. The number of thiazole rings is 1. The van der Waals surface area contributed by atoms with E-state index in [1.54, 1.807) is 33.5 Å². The molecule has 0 aliphatic heterocycles. The van der Waals surface area contributed by atoms with Crippen LogP contribution in [-0.4, -0.2) is 46.9 Å². The lowest BCUT2D eigenvalue weighted by Gasteiger charge is -2.14. The molecule has 2 heterocycles. The lowest BCUT2D eigenvalue weighted by atomic mass is 10.2. The van der Waals surface area contributed by atoms with Crippen LogP contribution in [0.1, 0.15) is 0 Å². The highest BCUT2D eigenvalue weighted by Gasteiger charge is 2.17. The number of benzene rings is 1. The van der Waals surface area contributed by atoms with Crippen molar-refractivity contribution >= 4 is 28.0 Å². The second-order valence-corrected chi connectivity index (χ2v) is 5.51. The van der Waals surface area contributed by atoms with Gasteiger partial charge in [-0.05, 0) is 5.21 Å². The van der Waals surface area contributed by atoms with Gasteiger partial charge in [-0.3, -0.25) is 0 Å². The first kappa shape index (κ1) is 15.8. The number of nitrogens with two attached hydrogens (primary N) is 1. The number of rotatable bonds is 6. The highest BCUT2D eigenvalue weighted by molar-refractivity contribution is 7.19. The van der Waals surface area contributed by atoms with Crippen molar-refractivity contribution in [1.82, 2.24) is 25.6 Å². The molecule has 0 amide bonds. The van der Waals surface area contributed by atoms with E-state index in [4.69, 9.17) is 19.9 Å². The third kappa shape index (κ3) is 2.88. The zero-order chi connectivity index (χ0) is 17.1. The monoisotopic (exact) mass is 349 g/mol. The van der Waals surface area contributed by atoms with Crippen LogP contribution in [0.25, 0.3) is 10.7 Å². The molecule has 126 valence electrons. The van der Waals surface area contributed by atoms with E-state index in [9.17, 15) is 0 Å². The average molecular weight is 349 g/mol. The number of aromatic amines is 1. The summed E-state index contributed by atoms with van der Waals surface area (Å²) in [6.45, 7) is 0. The van der Waals surface area contributed by atoms with E-state index in [1.807, 2.05) is 0 Å². The molecule has 4 N–H and O–H groups in total. The Morgan fingerprint density at radius 3 is 2.38 bits per heavy atom. The van der Waals surface area contributed by atoms with Gasteiger partial charge >= 0.3 is 0 Å². The van der Waals surface area contributed by atoms with Crippen LogP contribution < -0.4 is 25.3 Å². The number of nitrogens with zero attached hydrogens (tertiary/aromatic N) is 4. The molecule has 0 unspecified atom stereocenters. The molecule has 3 rings (SSSR count). The number of aromatic nitrogens is 5. The van der Waals surface area contributed by atoms with Crippen molar-refractivity contribution in [2.75, 3.05) is 32.4 Å². The number of anilines is 3. The van der Waals surface area contributed by atoms with Gasteiger partial charge in [0.1, 0.15) is 10.7 Å².